The molecule has 0 aliphatic rings. The number of rotatable bonds is 4. The summed E-state index contributed by atoms with van der Waals surface area (Å²) >= 11 is 5.84. The number of aromatic nitrogens is 2. The third-order valence-corrected chi connectivity index (χ3v) is 3.17. The Hall–Kier alpha value is -2.84. The third-order valence-electron chi connectivity index (χ3n) is 2.92. The second-order valence-electron chi connectivity index (χ2n) is 4.44. The highest BCUT2D eigenvalue weighted by Crippen LogP contribution is 2.19. The largest absolute Gasteiger partial charge is 0.484 e. The summed E-state index contributed by atoms with van der Waals surface area (Å²) in [5.74, 6) is 1.48. The summed E-state index contributed by atoms with van der Waals surface area (Å²) in [5.41, 5.74) is 1.40. The fourth-order valence-electron chi connectivity index (χ4n) is 1.80. The van der Waals surface area contributed by atoms with Gasteiger partial charge in [-0.15, -0.1) is 0 Å². The van der Waals surface area contributed by atoms with Gasteiger partial charge in [-0.2, -0.15) is 10.2 Å². The van der Waals surface area contributed by atoms with Gasteiger partial charge in [-0.25, -0.2) is 0 Å². The van der Waals surface area contributed by atoms with E-state index in [4.69, 9.17) is 26.1 Å². The highest BCUT2D eigenvalue weighted by atomic mass is 35.5. The van der Waals surface area contributed by atoms with Gasteiger partial charge in [0.2, 0.25) is 5.82 Å². The molecule has 0 fully saturated rings. The van der Waals surface area contributed by atoms with Crippen molar-refractivity contribution in [2.75, 3.05) is 0 Å². The maximum absolute atomic E-state index is 8.73. The Balaban J connectivity index is 1.66. The number of benzene rings is 2. The van der Waals surface area contributed by atoms with E-state index in [0.717, 1.165) is 5.56 Å². The first-order chi connectivity index (χ1) is 10.7. The molecule has 0 atom stereocenters. The van der Waals surface area contributed by atoms with Crippen molar-refractivity contribution < 1.29 is 9.26 Å². The van der Waals surface area contributed by atoms with Gasteiger partial charge >= 0.3 is 0 Å². The summed E-state index contributed by atoms with van der Waals surface area (Å²) in [5, 5.41) is 13.3. The molecule has 22 heavy (non-hydrogen) atoms. The zero-order valence-electron chi connectivity index (χ0n) is 11.4. The van der Waals surface area contributed by atoms with E-state index in [9.17, 15) is 0 Å². The first-order valence-electron chi connectivity index (χ1n) is 6.46. The summed E-state index contributed by atoms with van der Waals surface area (Å²) in [4.78, 5) is 4.26. The van der Waals surface area contributed by atoms with Crippen LogP contribution in [0.5, 0.6) is 5.75 Å². The third kappa shape index (κ3) is 3.25. The van der Waals surface area contributed by atoms with Gasteiger partial charge in [0.05, 0.1) is 11.6 Å². The molecule has 0 saturated heterocycles. The van der Waals surface area contributed by atoms with Gasteiger partial charge in [0, 0.05) is 10.6 Å². The zero-order valence-corrected chi connectivity index (χ0v) is 12.1. The lowest BCUT2D eigenvalue weighted by Crippen LogP contribution is -1.95. The molecule has 5 nitrogen and oxygen atoms in total. The summed E-state index contributed by atoms with van der Waals surface area (Å²) in [6, 6.07) is 16.0. The molecule has 0 spiro atoms. The van der Waals surface area contributed by atoms with Crippen LogP contribution in [0.1, 0.15) is 11.5 Å². The van der Waals surface area contributed by atoms with Gasteiger partial charge in [-0.1, -0.05) is 16.8 Å². The Morgan fingerprint density at radius 3 is 2.50 bits per heavy atom. The summed E-state index contributed by atoms with van der Waals surface area (Å²) < 4.78 is 10.7. The number of halogens is 1. The highest BCUT2D eigenvalue weighted by Gasteiger charge is 2.09. The minimum atomic E-state index is 0.159. The van der Waals surface area contributed by atoms with E-state index in [1.54, 1.807) is 36.4 Å². The summed E-state index contributed by atoms with van der Waals surface area (Å²) in [7, 11) is 0. The van der Waals surface area contributed by atoms with Crippen molar-refractivity contribution in [2.45, 2.75) is 6.61 Å². The number of nitriles is 1. The summed E-state index contributed by atoms with van der Waals surface area (Å²) in [6.07, 6.45) is 0. The lowest BCUT2D eigenvalue weighted by atomic mass is 10.2. The molecule has 0 unspecified atom stereocenters. The Labute approximate surface area is 131 Å². The second kappa shape index (κ2) is 6.29. The van der Waals surface area contributed by atoms with Crippen molar-refractivity contribution in [3.05, 3.63) is 65.0 Å². The number of ether oxygens (including phenoxy) is 1. The minimum Gasteiger partial charge on any atom is -0.484 e. The minimum absolute atomic E-state index is 0.159. The Kier molecular flexibility index (Phi) is 4.03. The van der Waals surface area contributed by atoms with Gasteiger partial charge in [-0.05, 0) is 48.5 Å². The Morgan fingerprint density at radius 2 is 1.82 bits per heavy atom. The highest BCUT2D eigenvalue weighted by molar-refractivity contribution is 6.30. The number of nitrogens with zero attached hydrogens (tertiary/aromatic N) is 3. The fraction of sp³-hybridized carbons (Fsp3) is 0.0625. The normalized spacial score (nSPS) is 10.2. The smallest absolute Gasteiger partial charge is 0.264 e. The molecule has 3 aromatic rings. The predicted molar refractivity (Wildman–Crippen MR) is 80.2 cm³/mol. The van der Waals surface area contributed by atoms with Gasteiger partial charge in [0.15, 0.2) is 6.61 Å². The van der Waals surface area contributed by atoms with Crippen LogP contribution < -0.4 is 4.74 Å². The number of hydrogen-bond acceptors (Lipinski definition) is 5. The Bertz CT molecular complexity index is 805. The van der Waals surface area contributed by atoms with E-state index in [0.29, 0.717) is 28.1 Å². The van der Waals surface area contributed by atoms with Gasteiger partial charge in [0.1, 0.15) is 5.75 Å². The van der Waals surface area contributed by atoms with Crippen LogP contribution in [0.25, 0.3) is 11.4 Å². The molecule has 108 valence electrons. The molecule has 1 aromatic heterocycles. The van der Waals surface area contributed by atoms with Crippen LogP contribution in [0.15, 0.2) is 53.1 Å². The van der Waals surface area contributed by atoms with Gasteiger partial charge in [-0.3, -0.25) is 0 Å². The topological polar surface area (TPSA) is 71.9 Å². The van der Waals surface area contributed by atoms with Crippen molar-refractivity contribution in [1.29, 1.82) is 5.26 Å². The average Bonchev–Trinajstić information content (AvgIpc) is 3.03. The van der Waals surface area contributed by atoms with Crippen molar-refractivity contribution in [3.8, 4) is 23.2 Å². The average molecular weight is 312 g/mol. The van der Waals surface area contributed by atoms with E-state index < -0.39 is 0 Å². The van der Waals surface area contributed by atoms with E-state index >= 15 is 0 Å². The lowest BCUT2D eigenvalue weighted by molar-refractivity contribution is 0.243. The molecule has 0 saturated carbocycles. The van der Waals surface area contributed by atoms with Crippen LogP contribution in [0.2, 0.25) is 5.02 Å². The summed E-state index contributed by atoms with van der Waals surface area (Å²) in [6.45, 7) is 0.159. The molecule has 0 amide bonds. The molecular weight excluding hydrogens is 302 g/mol. The van der Waals surface area contributed by atoms with Gasteiger partial charge < -0.3 is 9.26 Å². The molecule has 0 N–H and O–H groups in total. The van der Waals surface area contributed by atoms with E-state index in [2.05, 4.69) is 10.1 Å². The predicted octanol–water partition coefficient (Wildman–Crippen LogP) is 3.84. The zero-order chi connectivity index (χ0) is 15.4. The van der Waals surface area contributed by atoms with Crippen molar-refractivity contribution in [3.63, 3.8) is 0 Å². The van der Waals surface area contributed by atoms with Crippen LogP contribution >= 0.6 is 11.6 Å². The van der Waals surface area contributed by atoms with Crippen molar-refractivity contribution in [2.24, 2.45) is 0 Å². The van der Waals surface area contributed by atoms with Crippen LogP contribution in [-0.4, -0.2) is 10.1 Å². The molecule has 6 heteroatoms. The van der Waals surface area contributed by atoms with Crippen molar-refractivity contribution in [1.82, 2.24) is 10.1 Å². The second-order valence-corrected chi connectivity index (χ2v) is 4.88. The molecule has 1 heterocycles. The Morgan fingerprint density at radius 1 is 1.09 bits per heavy atom. The van der Waals surface area contributed by atoms with E-state index in [1.807, 2.05) is 18.2 Å². The van der Waals surface area contributed by atoms with E-state index in [1.165, 1.54) is 0 Å². The van der Waals surface area contributed by atoms with Crippen molar-refractivity contribution >= 4 is 11.6 Å². The van der Waals surface area contributed by atoms with Crippen LogP contribution in [0.3, 0.4) is 0 Å². The van der Waals surface area contributed by atoms with Crippen LogP contribution in [-0.2, 0) is 6.61 Å². The SMILES string of the molecule is N#Cc1ccc(OCc2nc(-c3ccc(Cl)cc3)no2)cc1. The first-order valence-corrected chi connectivity index (χ1v) is 6.84. The maximum Gasteiger partial charge on any atom is 0.264 e. The molecule has 0 aliphatic heterocycles. The molecule has 0 radical (unpaired) electrons. The van der Waals surface area contributed by atoms with Gasteiger partial charge in [0.25, 0.3) is 5.89 Å². The monoisotopic (exact) mass is 311 g/mol. The van der Waals surface area contributed by atoms with Crippen LogP contribution in [0.4, 0.5) is 0 Å². The van der Waals surface area contributed by atoms with Crippen LogP contribution in [0, 0.1) is 11.3 Å². The first kappa shape index (κ1) is 14.1. The fourth-order valence-corrected chi connectivity index (χ4v) is 1.93. The molecule has 0 aliphatic carbocycles. The molecule has 2 aromatic carbocycles. The molecule has 0 bridgehead atoms. The standard InChI is InChI=1S/C16H10ClN3O2/c17-13-5-3-12(4-6-13)16-19-15(22-20-16)10-21-14-7-1-11(9-18)2-8-14/h1-8H,10H2. The molecule has 3 rings (SSSR count). The maximum atomic E-state index is 8.73. The number of hydrogen-bond donors (Lipinski definition) is 0. The molecular formula is C16H10ClN3O2. The lowest BCUT2D eigenvalue weighted by Gasteiger charge is -2.02. The quantitative estimate of drug-likeness (QED) is 0.732. The van der Waals surface area contributed by atoms with E-state index in [-0.39, 0.29) is 6.61 Å².